The summed E-state index contributed by atoms with van der Waals surface area (Å²) in [5, 5.41) is 0. The van der Waals surface area contributed by atoms with Crippen LogP contribution in [0.1, 0.15) is 87.4 Å². The van der Waals surface area contributed by atoms with Crippen LogP contribution in [0, 0.1) is 0 Å². The molecule has 0 saturated carbocycles. The van der Waals surface area contributed by atoms with E-state index in [2.05, 4.69) is 6.58 Å². The predicted octanol–water partition coefficient (Wildman–Crippen LogP) is 7.29. The van der Waals surface area contributed by atoms with Crippen molar-refractivity contribution in [2.75, 3.05) is 0 Å². The maximum Gasteiger partial charge on any atom is 0.185 e. The summed E-state index contributed by atoms with van der Waals surface area (Å²) in [6, 6.07) is 9.48. The molecule has 0 aliphatic carbocycles. The van der Waals surface area contributed by atoms with E-state index in [4.69, 9.17) is 0 Å². The predicted molar refractivity (Wildman–Crippen MR) is 106 cm³/mol. The lowest BCUT2D eigenvalue weighted by Crippen LogP contribution is -1.92. The highest BCUT2D eigenvalue weighted by Crippen LogP contribution is 2.12. The fourth-order valence-corrected chi connectivity index (χ4v) is 2.85. The zero-order valence-corrected chi connectivity index (χ0v) is 15.2. The van der Waals surface area contributed by atoms with Crippen LogP contribution in [-0.2, 0) is 0 Å². The topological polar surface area (TPSA) is 17.1 Å². The van der Waals surface area contributed by atoms with Gasteiger partial charge in [-0.05, 0) is 31.8 Å². The number of allylic oxidation sites excluding steroid dienone is 3. The number of carbonyl (C=O) groups is 1. The molecule has 132 valence electrons. The van der Waals surface area contributed by atoms with Crippen molar-refractivity contribution >= 4 is 5.78 Å². The Balaban J connectivity index is 1.88. The van der Waals surface area contributed by atoms with Crippen molar-refractivity contribution in [3.63, 3.8) is 0 Å². The fourth-order valence-electron chi connectivity index (χ4n) is 2.85. The van der Waals surface area contributed by atoms with Gasteiger partial charge in [-0.3, -0.25) is 4.79 Å². The quantitative estimate of drug-likeness (QED) is 0.143. The SMILES string of the molecule is C=CCCCCCCCCCCCC/C=C/C(=O)c1ccccc1. The van der Waals surface area contributed by atoms with Gasteiger partial charge in [0.15, 0.2) is 5.78 Å². The standard InChI is InChI=1S/C23H34O/c1-2-3-4-5-6-7-8-9-10-11-12-13-14-18-21-23(24)22-19-16-15-17-20-22/h2,15-21H,1,3-14H2/b21-18+. The molecule has 0 unspecified atom stereocenters. The third-order valence-corrected chi connectivity index (χ3v) is 4.36. The second-order valence-electron chi connectivity index (χ2n) is 6.53. The Morgan fingerprint density at radius 1 is 0.750 bits per heavy atom. The lowest BCUT2D eigenvalue weighted by Gasteiger charge is -2.01. The molecule has 1 rings (SSSR count). The van der Waals surface area contributed by atoms with E-state index in [1.807, 2.05) is 42.5 Å². The van der Waals surface area contributed by atoms with Crippen LogP contribution in [-0.4, -0.2) is 5.78 Å². The molecule has 0 amide bonds. The molecule has 0 bridgehead atoms. The van der Waals surface area contributed by atoms with E-state index >= 15 is 0 Å². The summed E-state index contributed by atoms with van der Waals surface area (Å²) in [7, 11) is 0. The molecule has 1 aromatic carbocycles. The number of hydrogen-bond acceptors (Lipinski definition) is 1. The van der Waals surface area contributed by atoms with Crippen LogP contribution < -0.4 is 0 Å². The highest BCUT2D eigenvalue weighted by Gasteiger charge is 1.98. The molecule has 0 aliphatic heterocycles. The normalized spacial score (nSPS) is 11.0. The maximum atomic E-state index is 11.9. The van der Waals surface area contributed by atoms with Gasteiger partial charge in [-0.25, -0.2) is 0 Å². The van der Waals surface area contributed by atoms with E-state index in [0.717, 1.165) is 12.0 Å². The Morgan fingerprint density at radius 2 is 1.25 bits per heavy atom. The van der Waals surface area contributed by atoms with Crippen molar-refractivity contribution in [3.05, 3.63) is 60.7 Å². The summed E-state index contributed by atoms with van der Waals surface area (Å²) in [6.45, 7) is 3.76. The average molecular weight is 327 g/mol. The minimum absolute atomic E-state index is 0.115. The van der Waals surface area contributed by atoms with Gasteiger partial charge in [-0.1, -0.05) is 93.9 Å². The van der Waals surface area contributed by atoms with Crippen LogP contribution >= 0.6 is 0 Å². The largest absolute Gasteiger partial charge is 0.289 e. The van der Waals surface area contributed by atoms with Gasteiger partial charge in [0.1, 0.15) is 0 Å². The summed E-state index contributed by atoms with van der Waals surface area (Å²) in [5.41, 5.74) is 0.776. The Kier molecular flexibility index (Phi) is 12.7. The molecule has 1 aromatic rings. The van der Waals surface area contributed by atoms with Gasteiger partial charge in [0.2, 0.25) is 0 Å². The molecule has 0 N–H and O–H groups in total. The monoisotopic (exact) mass is 326 g/mol. The number of ketones is 1. The smallest absolute Gasteiger partial charge is 0.185 e. The first-order valence-electron chi connectivity index (χ1n) is 9.71. The molecule has 0 fully saturated rings. The third kappa shape index (κ3) is 11.0. The van der Waals surface area contributed by atoms with Crippen molar-refractivity contribution in [1.82, 2.24) is 0 Å². The number of benzene rings is 1. The molecule has 0 radical (unpaired) electrons. The van der Waals surface area contributed by atoms with Gasteiger partial charge in [-0.15, -0.1) is 6.58 Å². The van der Waals surface area contributed by atoms with E-state index in [0.29, 0.717) is 0 Å². The molecular weight excluding hydrogens is 292 g/mol. The third-order valence-electron chi connectivity index (χ3n) is 4.36. The summed E-state index contributed by atoms with van der Waals surface area (Å²) in [4.78, 5) is 11.9. The van der Waals surface area contributed by atoms with Crippen LogP contribution in [0.4, 0.5) is 0 Å². The summed E-state index contributed by atoms with van der Waals surface area (Å²) < 4.78 is 0. The van der Waals surface area contributed by atoms with Crippen LogP contribution in [0.3, 0.4) is 0 Å². The van der Waals surface area contributed by atoms with Crippen molar-refractivity contribution in [3.8, 4) is 0 Å². The Hall–Kier alpha value is -1.63. The first-order chi connectivity index (χ1) is 11.8. The van der Waals surface area contributed by atoms with Crippen molar-refractivity contribution in [2.45, 2.75) is 77.0 Å². The Labute approximate surface area is 148 Å². The zero-order chi connectivity index (χ0) is 17.3. The molecule has 0 atom stereocenters. The van der Waals surface area contributed by atoms with Gasteiger partial charge < -0.3 is 0 Å². The maximum absolute atomic E-state index is 11.9. The van der Waals surface area contributed by atoms with Gasteiger partial charge in [0, 0.05) is 5.56 Å². The minimum Gasteiger partial charge on any atom is -0.289 e. The summed E-state index contributed by atoms with van der Waals surface area (Å²) >= 11 is 0. The molecule has 0 heterocycles. The molecule has 0 saturated heterocycles. The molecular formula is C23H34O. The van der Waals surface area contributed by atoms with E-state index in [9.17, 15) is 4.79 Å². The van der Waals surface area contributed by atoms with E-state index in [-0.39, 0.29) is 5.78 Å². The van der Waals surface area contributed by atoms with E-state index in [1.165, 1.54) is 70.6 Å². The molecule has 0 spiro atoms. The van der Waals surface area contributed by atoms with Crippen LogP contribution in [0.25, 0.3) is 0 Å². The van der Waals surface area contributed by atoms with Gasteiger partial charge in [-0.2, -0.15) is 0 Å². The molecule has 24 heavy (non-hydrogen) atoms. The highest BCUT2D eigenvalue weighted by atomic mass is 16.1. The van der Waals surface area contributed by atoms with Gasteiger partial charge >= 0.3 is 0 Å². The number of rotatable bonds is 15. The number of hydrogen-bond donors (Lipinski definition) is 0. The number of carbonyl (C=O) groups excluding carboxylic acids is 1. The Bertz CT molecular complexity index is 458. The molecule has 0 aromatic heterocycles. The fraction of sp³-hybridized carbons (Fsp3) is 0.522. The molecule has 1 heteroatoms. The second-order valence-corrected chi connectivity index (χ2v) is 6.53. The van der Waals surface area contributed by atoms with Gasteiger partial charge in [0.25, 0.3) is 0 Å². The van der Waals surface area contributed by atoms with Crippen molar-refractivity contribution in [2.24, 2.45) is 0 Å². The lowest BCUT2D eigenvalue weighted by molar-refractivity contribution is 0.104. The summed E-state index contributed by atoms with van der Waals surface area (Å²) in [5.74, 6) is 0.115. The van der Waals surface area contributed by atoms with E-state index < -0.39 is 0 Å². The van der Waals surface area contributed by atoms with Crippen LogP contribution in [0.5, 0.6) is 0 Å². The molecule has 1 nitrogen and oxygen atoms in total. The first-order valence-corrected chi connectivity index (χ1v) is 9.71. The van der Waals surface area contributed by atoms with Gasteiger partial charge in [0.05, 0.1) is 0 Å². The second kappa shape index (κ2) is 14.9. The summed E-state index contributed by atoms with van der Waals surface area (Å²) in [6.07, 6.45) is 21.3. The van der Waals surface area contributed by atoms with Crippen LogP contribution in [0.15, 0.2) is 55.1 Å². The Morgan fingerprint density at radius 3 is 1.79 bits per heavy atom. The highest BCUT2D eigenvalue weighted by molar-refractivity contribution is 6.04. The van der Waals surface area contributed by atoms with Crippen molar-refractivity contribution in [1.29, 1.82) is 0 Å². The van der Waals surface area contributed by atoms with E-state index in [1.54, 1.807) is 6.08 Å². The minimum atomic E-state index is 0.115. The average Bonchev–Trinajstić information content (AvgIpc) is 2.62. The van der Waals surface area contributed by atoms with Crippen LogP contribution in [0.2, 0.25) is 0 Å². The zero-order valence-electron chi connectivity index (χ0n) is 15.2. The van der Waals surface area contributed by atoms with Crippen molar-refractivity contribution < 1.29 is 4.79 Å². The first kappa shape index (κ1) is 20.4. The number of unbranched alkanes of at least 4 members (excludes halogenated alkanes) is 11. The lowest BCUT2D eigenvalue weighted by atomic mass is 10.0. The molecule has 0 aliphatic rings.